The molecule has 1 atom stereocenters. The van der Waals surface area contributed by atoms with Crippen LogP contribution in [-0.2, 0) is 4.74 Å². The number of pyridine rings is 1. The summed E-state index contributed by atoms with van der Waals surface area (Å²) < 4.78 is 4.82. The van der Waals surface area contributed by atoms with Crippen LogP contribution in [0.1, 0.15) is 33.6 Å². The SMILES string of the molecule is CCCC1Nc2c(cc(NC(=O)OCC)nc2N)N=C1C. The Morgan fingerprint density at radius 1 is 1.52 bits per heavy atom. The molecule has 2 rings (SSSR count). The minimum Gasteiger partial charge on any atom is -0.450 e. The fraction of sp³-hybridized carbons (Fsp3) is 0.500. The monoisotopic (exact) mass is 291 g/mol. The molecule has 4 N–H and O–H groups in total. The van der Waals surface area contributed by atoms with Crippen molar-refractivity contribution in [1.82, 2.24) is 4.98 Å². The van der Waals surface area contributed by atoms with Gasteiger partial charge in [0, 0.05) is 11.8 Å². The van der Waals surface area contributed by atoms with Crippen molar-refractivity contribution in [3.63, 3.8) is 0 Å². The van der Waals surface area contributed by atoms with Crippen LogP contribution in [-0.4, -0.2) is 29.4 Å². The predicted molar refractivity (Wildman–Crippen MR) is 84.4 cm³/mol. The highest BCUT2D eigenvalue weighted by Crippen LogP contribution is 2.36. The lowest BCUT2D eigenvalue weighted by Gasteiger charge is -2.26. The third-order valence-electron chi connectivity index (χ3n) is 3.23. The molecule has 7 heteroatoms. The van der Waals surface area contributed by atoms with E-state index in [1.54, 1.807) is 13.0 Å². The number of nitrogens with zero attached hydrogens (tertiary/aromatic N) is 2. The molecule has 0 saturated carbocycles. The van der Waals surface area contributed by atoms with E-state index >= 15 is 0 Å². The van der Waals surface area contributed by atoms with Gasteiger partial charge in [0.15, 0.2) is 5.82 Å². The maximum absolute atomic E-state index is 11.4. The van der Waals surface area contributed by atoms with E-state index in [0.29, 0.717) is 29.6 Å². The maximum atomic E-state index is 11.4. The quantitative estimate of drug-likeness (QED) is 0.791. The van der Waals surface area contributed by atoms with Gasteiger partial charge in [-0.3, -0.25) is 10.3 Å². The summed E-state index contributed by atoms with van der Waals surface area (Å²) in [5, 5.41) is 5.90. The van der Waals surface area contributed by atoms with Crippen LogP contribution in [0.4, 0.5) is 27.8 Å². The van der Waals surface area contributed by atoms with Crippen molar-refractivity contribution in [2.75, 3.05) is 23.0 Å². The predicted octanol–water partition coefficient (Wildman–Crippen LogP) is 2.92. The smallest absolute Gasteiger partial charge is 0.412 e. The van der Waals surface area contributed by atoms with Crippen molar-refractivity contribution in [2.45, 2.75) is 39.7 Å². The minimum atomic E-state index is -0.558. The van der Waals surface area contributed by atoms with Gasteiger partial charge in [-0.1, -0.05) is 13.3 Å². The summed E-state index contributed by atoms with van der Waals surface area (Å²) in [5.74, 6) is 0.647. The highest BCUT2D eigenvalue weighted by molar-refractivity contribution is 5.99. The number of hydrogen-bond acceptors (Lipinski definition) is 6. The molecule has 0 saturated heterocycles. The number of aromatic nitrogens is 1. The van der Waals surface area contributed by atoms with E-state index in [1.807, 2.05) is 6.92 Å². The van der Waals surface area contributed by atoms with Gasteiger partial charge in [0.05, 0.1) is 18.3 Å². The number of hydrogen-bond donors (Lipinski definition) is 3. The van der Waals surface area contributed by atoms with Crippen LogP contribution in [0.2, 0.25) is 0 Å². The fourth-order valence-electron chi connectivity index (χ4n) is 2.24. The zero-order valence-electron chi connectivity index (χ0n) is 12.6. The van der Waals surface area contributed by atoms with Crippen molar-refractivity contribution in [3.8, 4) is 0 Å². The molecule has 1 aromatic rings. The molecule has 21 heavy (non-hydrogen) atoms. The summed E-state index contributed by atoms with van der Waals surface area (Å²) in [6, 6.07) is 1.86. The van der Waals surface area contributed by atoms with E-state index in [1.165, 1.54) is 0 Å². The molecular weight excluding hydrogens is 270 g/mol. The third-order valence-corrected chi connectivity index (χ3v) is 3.23. The molecule has 114 valence electrons. The molecule has 0 radical (unpaired) electrons. The Bertz CT molecular complexity index is 571. The first-order valence-corrected chi connectivity index (χ1v) is 7.11. The third kappa shape index (κ3) is 3.42. The minimum absolute atomic E-state index is 0.176. The van der Waals surface area contributed by atoms with Gasteiger partial charge in [-0.25, -0.2) is 9.78 Å². The standard InChI is InChI=1S/C14H21N5O2/c1-4-6-9-8(3)16-10-7-11(19-14(20)21-5-2)18-13(15)12(10)17-9/h7,9,17H,4-6H2,1-3H3,(H3,15,18,19,20). The number of anilines is 3. The average molecular weight is 291 g/mol. The number of amides is 1. The Morgan fingerprint density at radius 3 is 2.95 bits per heavy atom. The van der Waals surface area contributed by atoms with E-state index in [9.17, 15) is 4.79 Å². The van der Waals surface area contributed by atoms with Gasteiger partial charge >= 0.3 is 6.09 Å². The van der Waals surface area contributed by atoms with Gasteiger partial charge in [0.25, 0.3) is 0 Å². The number of nitrogen functional groups attached to an aromatic ring is 1. The van der Waals surface area contributed by atoms with Crippen LogP contribution >= 0.6 is 0 Å². The molecule has 2 heterocycles. The second-order valence-electron chi connectivity index (χ2n) is 4.87. The largest absolute Gasteiger partial charge is 0.450 e. The summed E-state index contributed by atoms with van der Waals surface area (Å²) >= 11 is 0. The molecule has 1 amide bonds. The molecule has 1 aliphatic heterocycles. The van der Waals surface area contributed by atoms with Crippen molar-refractivity contribution >= 4 is 34.8 Å². The molecule has 7 nitrogen and oxygen atoms in total. The highest BCUT2D eigenvalue weighted by Gasteiger charge is 2.22. The molecular formula is C14H21N5O2. The van der Waals surface area contributed by atoms with Crippen molar-refractivity contribution in [2.24, 2.45) is 4.99 Å². The number of rotatable bonds is 4. The number of nitrogens with one attached hydrogen (secondary N) is 2. The molecule has 1 aliphatic rings. The Balaban J connectivity index is 2.26. The van der Waals surface area contributed by atoms with Gasteiger partial charge in [-0.15, -0.1) is 0 Å². The van der Waals surface area contributed by atoms with Crippen LogP contribution in [0.15, 0.2) is 11.1 Å². The summed E-state index contributed by atoms with van der Waals surface area (Å²) in [4.78, 5) is 20.2. The summed E-state index contributed by atoms with van der Waals surface area (Å²) in [7, 11) is 0. The molecule has 0 spiro atoms. The van der Waals surface area contributed by atoms with Crippen molar-refractivity contribution in [3.05, 3.63) is 6.07 Å². The first-order chi connectivity index (χ1) is 10.0. The Labute approximate surface area is 124 Å². The Hall–Kier alpha value is -2.31. The van der Waals surface area contributed by atoms with Crippen molar-refractivity contribution in [1.29, 1.82) is 0 Å². The molecule has 0 aromatic carbocycles. The number of ether oxygens (including phenoxy) is 1. The zero-order chi connectivity index (χ0) is 15.4. The van der Waals surface area contributed by atoms with Crippen LogP contribution in [0.5, 0.6) is 0 Å². The lowest BCUT2D eigenvalue weighted by Crippen LogP contribution is -2.30. The molecule has 1 aromatic heterocycles. The van der Waals surface area contributed by atoms with Crippen LogP contribution in [0, 0.1) is 0 Å². The maximum Gasteiger partial charge on any atom is 0.412 e. The first kappa shape index (κ1) is 15.1. The fourth-order valence-corrected chi connectivity index (χ4v) is 2.24. The second-order valence-corrected chi connectivity index (χ2v) is 4.87. The number of nitrogens with two attached hydrogens (primary N) is 1. The normalized spacial score (nSPS) is 16.5. The Morgan fingerprint density at radius 2 is 2.29 bits per heavy atom. The number of carbonyl (C=O) groups is 1. The lowest BCUT2D eigenvalue weighted by atomic mass is 10.0. The topological polar surface area (TPSA) is 102 Å². The van der Waals surface area contributed by atoms with Gasteiger partial charge < -0.3 is 15.8 Å². The van der Waals surface area contributed by atoms with Gasteiger partial charge in [0.2, 0.25) is 0 Å². The molecule has 1 unspecified atom stereocenters. The highest BCUT2D eigenvalue weighted by atomic mass is 16.5. The number of carbonyl (C=O) groups excluding carboxylic acids is 1. The van der Waals surface area contributed by atoms with Gasteiger partial charge in [-0.2, -0.15) is 0 Å². The number of aliphatic imine (C=N–C) groups is 1. The number of fused-ring (bicyclic) bond motifs is 1. The molecule has 0 bridgehead atoms. The molecule has 0 fully saturated rings. The first-order valence-electron chi connectivity index (χ1n) is 7.11. The van der Waals surface area contributed by atoms with E-state index in [0.717, 1.165) is 18.6 Å². The van der Waals surface area contributed by atoms with E-state index in [-0.39, 0.29) is 6.04 Å². The second kappa shape index (κ2) is 6.43. The van der Waals surface area contributed by atoms with E-state index < -0.39 is 6.09 Å². The Kier molecular flexibility index (Phi) is 4.62. The van der Waals surface area contributed by atoms with Crippen LogP contribution in [0.3, 0.4) is 0 Å². The van der Waals surface area contributed by atoms with Crippen LogP contribution < -0.4 is 16.4 Å². The lowest BCUT2D eigenvalue weighted by molar-refractivity contribution is 0.168. The molecule has 0 aliphatic carbocycles. The summed E-state index contributed by atoms with van der Waals surface area (Å²) in [6.45, 7) is 6.13. The van der Waals surface area contributed by atoms with Crippen LogP contribution in [0.25, 0.3) is 0 Å². The van der Waals surface area contributed by atoms with E-state index in [4.69, 9.17) is 10.5 Å². The summed E-state index contributed by atoms with van der Waals surface area (Å²) in [6.07, 6.45) is 1.48. The average Bonchev–Trinajstić information content (AvgIpc) is 2.41. The van der Waals surface area contributed by atoms with E-state index in [2.05, 4.69) is 27.5 Å². The van der Waals surface area contributed by atoms with Gasteiger partial charge in [0.1, 0.15) is 11.5 Å². The summed E-state index contributed by atoms with van der Waals surface area (Å²) in [5.41, 5.74) is 8.35. The van der Waals surface area contributed by atoms with Gasteiger partial charge in [-0.05, 0) is 20.3 Å². The van der Waals surface area contributed by atoms with Crippen molar-refractivity contribution < 1.29 is 9.53 Å². The zero-order valence-corrected chi connectivity index (χ0v) is 12.6.